The summed E-state index contributed by atoms with van der Waals surface area (Å²) in [4.78, 5) is 0. The van der Waals surface area contributed by atoms with Crippen molar-refractivity contribution in [1.82, 2.24) is 5.32 Å². The van der Waals surface area contributed by atoms with Crippen molar-refractivity contribution in [2.24, 2.45) is 11.1 Å². The van der Waals surface area contributed by atoms with Crippen LogP contribution < -0.4 is 10.5 Å². The molecule has 1 atom stereocenters. The standard InChI is InChI=1S/C10H24N2O2S/c1-9(2)5-6-10(3)12-7-4-8-15(11,13)14/h9-10,12H,4-8H2,1-3H3,(H2,11,13,14). The quantitative estimate of drug-likeness (QED) is 0.619. The van der Waals surface area contributed by atoms with Gasteiger partial charge in [0.2, 0.25) is 10.0 Å². The summed E-state index contributed by atoms with van der Waals surface area (Å²) in [5.41, 5.74) is 0. The molecule has 15 heavy (non-hydrogen) atoms. The van der Waals surface area contributed by atoms with Gasteiger partial charge in [0.05, 0.1) is 5.75 Å². The van der Waals surface area contributed by atoms with Gasteiger partial charge in [-0.3, -0.25) is 0 Å². The van der Waals surface area contributed by atoms with Crippen molar-refractivity contribution >= 4 is 10.0 Å². The highest BCUT2D eigenvalue weighted by atomic mass is 32.2. The maximum atomic E-state index is 10.6. The van der Waals surface area contributed by atoms with E-state index >= 15 is 0 Å². The topological polar surface area (TPSA) is 72.2 Å². The Morgan fingerprint density at radius 3 is 2.27 bits per heavy atom. The maximum Gasteiger partial charge on any atom is 0.209 e. The number of primary sulfonamides is 1. The molecule has 0 aliphatic carbocycles. The van der Waals surface area contributed by atoms with Crippen LogP contribution in [-0.4, -0.2) is 26.8 Å². The third kappa shape index (κ3) is 11.8. The predicted octanol–water partition coefficient (Wildman–Crippen LogP) is 1.08. The van der Waals surface area contributed by atoms with Gasteiger partial charge in [-0.1, -0.05) is 13.8 Å². The molecule has 0 rings (SSSR count). The van der Waals surface area contributed by atoms with Crippen molar-refractivity contribution < 1.29 is 8.42 Å². The average molecular weight is 236 g/mol. The fourth-order valence-electron chi connectivity index (χ4n) is 1.31. The van der Waals surface area contributed by atoms with E-state index in [2.05, 4.69) is 26.1 Å². The van der Waals surface area contributed by atoms with Crippen LogP contribution in [0.4, 0.5) is 0 Å². The van der Waals surface area contributed by atoms with E-state index in [0.29, 0.717) is 12.5 Å². The first kappa shape index (κ1) is 14.9. The molecule has 0 amide bonds. The minimum absolute atomic E-state index is 0.0664. The molecule has 0 bridgehead atoms. The Morgan fingerprint density at radius 2 is 1.80 bits per heavy atom. The highest BCUT2D eigenvalue weighted by Crippen LogP contribution is 2.06. The van der Waals surface area contributed by atoms with E-state index in [-0.39, 0.29) is 5.75 Å². The minimum Gasteiger partial charge on any atom is -0.314 e. The van der Waals surface area contributed by atoms with Crippen LogP contribution in [0, 0.1) is 5.92 Å². The molecule has 92 valence electrons. The molecule has 0 spiro atoms. The summed E-state index contributed by atoms with van der Waals surface area (Å²) in [5.74, 6) is 0.787. The van der Waals surface area contributed by atoms with Crippen LogP contribution in [-0.2, 0) is 10.0 Å². The molecule has 0 aliphatic heterocycles. The van der Waals surface area contributed by atoms with Gasteiger partial charge < -0.3 is 5.32 Å². The molecule has 0 aromatic rings. The van der Waals surface area contributed by atoms with E-state index in [1.807, 2.05) is 0 Å². The Hall–Kier alpha value is -0.130. The first-order valence-electron chi connectivity index (χ1n) is 5.55. The number of hydrogen-bond acceptors (Lipinski definition) is 3. The van der Waals surface area contributed by atoms with Crippen LogP contribution in [0.5, 0.6) is 0 Å². The monoisotopic (exact) mass is 236 g/mol. The second-order valence-electron chi connectivity index (χ2n) is 4.55. The lowest BCUT2D eigenvalue weighted by Crippen LogP contribution is -2.29. The van der Waals surface area contributed by atoms with Gasteiger partial charge in [-0.25, -0.2) is 13.6 Å². The number of hydrogen-bond donors (Lipinski definition) is 2. The lowest BCUT2D eigenvalue weighted by atomic mass is 10.0. The lowest BCUT2D eigenvalue weighted by molar-refractivity contribution is 0.451. The summed E-state index contributed by atoms with van der Waals surface area (Å²) in [6.07, 6.45) is 2.92. The molecule has 5 heteroatoms. The smallest absolute Gasteiger partial charge is 0.209 e. The molecular formula is C10H24N2O2S. The second kappa shape index (κ2) is 7.19. The summed E-state index contributed by atoms with van der Waals surface area (Å²) in [5, 5.41) is 8.19. The summed E-state index contributed by atoms with van der Waals surface area (Å²) in [6.45, 7) is 7.25. The van der Waals surface area contributed by atoms with Gasteiger partial charge in [0.15, 0.2) is 0 Å². The molecule has 0 aromatic heterocycles. The summed E-state index contributed by atoms with van der Waals surface area (Å²) in [6, 6.07) is 0.452. The van der Waals surface area contributed by atoms with Gasteiger partial charge in [0.1, 0.15) is 0 Å². The van der Waals surface area contributed by atoms with Crippen LogP contribution in [0.15, 0.2) is 0 Å². The van der Waals surface area contributed by atoms with Gasteiger partial charge in [-0.15, -0.1) is 0 Å². The van der Waals surface area contributed by atoms with E-state index < -0.39 is 10.0 Å². The predicted molar refractivity (Wildman–Crippen MR) is 64.1 cm³/mol. The maximum absolute atomic E-state index is 10.6. The third-order valence-electron chi connectivity index (χ3n) is 2.28. The Kier molecular flexibility index (Phi) is 7.13. The van der Waals surface area contributed by atoms with E-state index in [4.69, 9.17) is 5.14 Å². The number of nitrogens with two attached hydrogens (primary N) is 1. The van der Waals surface area contributed by atoms with E-state index in [1.165, 1.54) is 6.42 Å². The summed E-state index contributed by atoms with van der Waals surface area (Å²) >= 11 is 0. The highest BCUT2D eigenvalue weighted by Gasteiger charge is 2.05. The Bertz CT molecular complexity index is 250. The number of sulfonamides is 1. The first-order chi connectivity index (χ1) is 6.81. The van der Waals surface area contributed by atoms with E-state index in [0.717, 1.165) is 18.9 Å². The molecule has 0 saturated heterocycles. The molecule has 0 aliphatic rings. The fourth-order valence-corrected chi connectivity index (χ4v) is 1.85. The molecule has 3 N–H and O–H groups in total. The highest BCUT2D eigenvalue weighted by molar-refractivity contribution is 7.89. The Morgan fingerprint density at radius 1 is 1.20 bits per heavy atom. The van der Waals surface area contributed by atoms with Gasteiger partial charge in [-0.05, 0) is 38.6 Å². The largest absolute Gasteiger partial charge is 0.314 e. The number of nitrogens with one attached hydrogen (secondary N) is 1. The van der Waals surface area contributed by atoms with Crippen molar-refractivity contribution in [2.45, 2.75) is 46.1 Å². The number of rotatable bonds is 8. The van der Waals surface area contributed by atoms with E-state index in [1.54, 1.807) is 0 Å². The summed E-state index contributed by atoms with van der Waals surface area (Å²) in [7, 11) is -3.29. The zero-order valence-electron chi connectivity index (χ0n) is 9.99. The molecule has 0 fully saturated rings. The average Bonchev–Trinajstić information content (AvgIpc) is 2.07. The second-order valence-corrected chi connectivity index (χ2v) is 6.28. The SMILES string of the molecule is CC(C)CCC(C)NCCCS(N)(=O)=O. The first-order valence-corrected chi connectivity index (χ1v) is 7.26. The van der Waals surface area contributed by atoms with Crippen LogP contribution in [0.1, 0.15) is 40.0 Å². The van der Waals surface area contributed by atoms with E-state index in [9.17, 15) is 8.42 Å². The van der Waals surface area contributed by atoms with Crippen LogP contribution in [0.2, 0.25) is 0 Å². The van der Waals surface area contributed by atoms with Gasteiger partial charge in [0.25, 0.3) is 0 Å². The summed E-state index contributed by atoms with van der Waals surface area (Å²) < 4.78 is 21.3. The molecular weight excluding hydrogens is 212 g/mol. The Balaban J connectivity index is 3.43. The molecule has 0 heterocycles. The lowest BCUT2D eigenvalue weighted by Gasteiger charge is -2.14. The minimum atomic E-state index is -3.29. The van der Waals surface area contributed by atoms with Crippen LogP contribution in [0.25, 0.3) is 0 Å². The van der Waals surface area contributed by atoms with Crippen molar-refractivity contribution in [1.29, 1.82) is 0 Å². The third-order valence-corrected chi connectivity index (χ3v) is 3.13. The van der Waals surface area contributed by atoms with Crippen LogP contribution in [0.3, 0.4) is 0 Å². The fraction of sp³-hybridized carbons (Fsp3) is 1.00. The van der Waals surface area contributed by atoms with Crippen molar-refractivity contribution in [3.8, 4) is 0 Å². The normalized spacial score (nSPS) is 14.5. The molecule has 0 saturated carbocycles. The molecule has 4 nitrogen and oxygen atoms in total. The van der Waals surface area contributed by atoms with Crippen LogP contribution >= 0.6 is 0 Å². The molecule has 1 unspecified atom stereocenters. The van der Waals surface area contributed by atoms with Gasteiger partial charge >= 0.3 is 0 Å². The molecule has 0 radical (unpaired) electrons. The van der Waals surface area contributed by atoms with Gasteiger partial charge in [-0.2, -0.15) is 0 Å². The zero-order valence-corrected chi connectivity index (χ0v) is 10.8. The molecule has 0 aromatic carbocycles. The Labute approximate surface area is 93.7 Å². The zero-order chi connectivity index (χ0) is 11.9. The van der Waals surface area contributed by atoms with Crippen molar-refractivity contribution in [3.05, 3.63) is 0 Å². The van der Waals surface area contributed by atoms with Crippen molar-refractivity contribution in [2.75, 3.05) is 12.3 Å². The van der Waals surface area contributed by atoms with Crippen molar-refractivity contribution in [3.63, 3.8) is 0 Å². The van der Waals surface area contributed by atoms with Gasteiger partial charge in [0, 0.05) is 6.04 Å².